The summed E-state index contributed by atoms with van der Waals surface area (Å²) in [6, 6.07) is 84.9. The number of rotatable bonds is 6. The highest BCUT2D eigenvalue weighted by Crippen LogP contribution is 2.66. The van der Waals surface area contributed by atoms with Crippen molar-refractivity contribution in [2.75, 3.05) is 9.80 Å². The second-order valence-electron chi connectivity index (χ2n) is 27.5. The number of anilines is 5. The van der Waals surface area contributed by atoms with Crippen LogP contribution in [0.4, 0.5) is 28.4 Å². The molecular weight excluding hydrogens is 1090 g/mol. The third-order valence-electron chi connectivity index (χ3n) is 20.5. The summed E-state index contributed by atoms with van der Waals surface area (Å²) in [5.74, 6) is 0. The van der Waals surface area contributed by atoms with E-state index in [4.69, 9.17) is 8.83 Å². The van der Waals surface area contributed by atoms with Crippen molar-refractivity contribution in [1.29, 1.82) is 0 Å². The standard InChI is InChI=1S/C85H67N3O2/c1-50-22-17-30-62-64-32-20-38-72(81(64)89-79(50)62)86(54-44-40-52(41-45-54)83(3,4)5)74-48-68-76(59-27-11-9-24-56(59)74)77-60-28-12-10-25-57(60)75(49-69(77)85(68)66-34-14-16-37-71(66)88-70-36-15-13-26-58(70)61-29-19-35-67(85)78(61)88)87(55-46-42-53(43-47-55)84(6,7)8)73-39-21-33-65-63-31-18-23-51(2)80(63)90-82(65)73/h9-42,44-46,48-49H,43,47H2,1-8H3. The van der Waals surface area contributed by atoms with Gasteiger partial charge in [0.25, 0.3) is 0 Å². The van der Waals surface area contributed by atoms with Gasteiger partial charge < -0.3 is 23.2 Å². The van der Waals surface area contributed by atoms with Crippen LogP contribution in [0.25, 0.3) is 104 Å². The molecule has 0 N–H and O–H groups in total. The SMILES string of the molecule is Cc1cccc2c1oc1c(N(C3=CC=C(C(C)(C)C)CC3)c3cc4c(c5ccccc35)-c3c(cc(N(c5ccc(C(C)(C)C)cc5)c5cccc6c5oc5c(C)cccc56)c5ccccc35)C43c4ccccc4-n4c5ccccc5c5cccc3c54)cccc12. The molecule has 1 aliphatic heterocycles. The first kappa shape index (κ1) is 52.7. The first-order chi connectivity index (χ1) is 43.8. The molecule has 0 radical (unpaired) electrons. The molecule has 1 atom stereocenters. The van der Waals surface area contributed by atoms with E-state index in [1.807, 2.05) is 0 Å². The Labute approximate surface area is 524 Å². The van der Waals surface area contributed by atoms with Gasteiger partial charge in [-0.3, -0.25) is 0 Å². The van der Waals surface area contributed by atoms with E-state index in [2.05, 4.69) is 306 Å². The van der Waals surface area contributed by atoms with E-state index in [9.17, 15) is 0 Å². The van der Waals surface area contributed by atoms with Crippen molar-refractivity contribution in [1.82, 2.24) is 4.57 Å². The van der Waals surface area contributed by atoms with Gasteiger partial charge in [-0.25, -0.2) is 0 Å². The Morgan fingerprint density at radius 1 is 0.378 bits per heavy atom. The van der Waals surface area contributed by atoms with Gasteiger partial charge in [-0.1, -0.05) is 229 Å². The molecule has 0 saturated heterocycles. The maximum absolute atomic E-state index is 7.23. The highest BCUT2D eigenvalue weighted by molar-refractivity contribution is 6.22. The van der Waals surface area contributed by atoms with Crippen molar-refractivity contribution in [2.45, 2.75) is 79.1 Å². The van der Waals surface area contributed by atoms with Gasteiger partial charge in [0, 0.05) is 54.5 Å². The van der Waals surface area contributed by atoms with Crippen LogP contribution in [0.5, 0.6) is 0 Å². The Bertz CT molecular complexity index is 5670. The van der Waals surface area contributed by atoms with Gasteiger partial charge in [0.2, 0.25) is 0 Å². The van der Waals surface area contributed by atoms with Gasteiger partial charge in [0.15, 0.2) is 11.2 Å². The quantitative estimate of drug-likeness (QED) is 0.166. The second-order valence-corrected chi connectivity index (χ2v) is 27.5. The monoisotopic (exact) mass is 1160 g/mol. The number of furan rings is 2. The number of hydrogen-bond donors (Lipinski definition) is 0. The van der Waals surface area contributed by atoms with Crippen molar-refractivity contribution in [3.05, 3.63) is 287 Å². The van der Waals surface area contributed by atoms with Crippen molar-refractivity contribution in [2.24, 2.45) is 5.41 Å². The van der Waals surface area contributed by atoms with E-state index in [1.54, 1.807) is 0 Å². The zero-order valence-electron chi connectivity index (χ0n) is 52.1. The fourth-order valence-electron chi connectivity index (χ4n) is 16.3. The Morgan fingerprint density at radius 3 is 1.43 bits per heavy atom. The molecule has 1 unspecified atom stereocenters. The molecule has 90 heavy (non-hydrogen) atoms. The summed E-state index contributed by atoms with van der Waals surface area (Å²) in [5.41, 5.74) is 25.2. The molecule has 18 rings (SSSR count). The summed E-state index contributed by atoms with van der Waals surface area (Å²) in [4.78, 5) is 5.10. The molecule has 0 amide bonds. The highest BCUT2D eigenvalue weighted by Gasteiger charge is 2.53. The summed E-state index contributed by atoms with van der Waals surface area (Å²) in [6.07, 6.45) is 6.62. The third kappa shape index (κ3) is 7.20. The van der Waals surface area contributed by atoms with Crippen LogP contribution in [0.3, 0.4) is 0 Å². The Morgan fingerprint density at radius 2 is 0.856 bits per heavy atom. The van der Waals surface area contributed by atoms with Gasteiger partial charge >= 0.3 is 0 Å². The average Bonchev–Trinajstić information content (AvgIpc) is 1.46. The molecule has 0 bridgehead atoms. The number of hydrogen-bond acceptors (Lipinski definition) is 4. The summed E-state index contributed by atoms with van der Waals surface area (Å²) < 4.78 is 17.0. The minimum atomic E-state index is -0.874. The van der Waals surface area contributed by atoms with E-state index in [0.717, 1.165) is 102 Å². The van der Waals surface area contributed by atoms with Crippen molar-refractivity contribution >= 4 is 116 Å². The van der Waals surface area contributed by atoms with Crippen LogP contribution in [-0.4, -0.2) is 4.57 Å². The molecular formula is C85H67N3O2. The lowest BCUT2D eigenvalue weighted by atomic mass is 9.65. The van der Waals surface area contributed by atoms with E-state index in [0.29, 0.717) is 0 Å². The number of nitrogens with zero attached hydrogens (tertiary/aromatic N) is 3. The predicted octanol–water partition coefficient (Wildman–Crippen LogP) is 23.7. The van der Waals surface area contributed by atoms with E-state index >= 15 is 0 Å². The lowest BCUT2D eigenvalue weighted by Gasteiger charge is -2.41. The first-order valence-corrected chi connectivity index (χ1v) is 32.0. The summed E-state index contributed by atoms with van der Waals surface area (Å²) in [7, 11) is 0. The van der Waals surface area contributed by atoms with E-state index < -0.39 is 5.41 Å². The number of para-hydroxylation sites is 7. The summed E-state index contributed by atoms with van der Waals surface area (Å²) in [6.45, 7) is 18.2. The van der Waals surface area contributed by atoms with Crippen molar-refractivity contribution in [3.8, 4) is 16.8 Å². The van der Waals surface area contributed by atoms with Crippen molar-refractivity contribution < 1.29 is 8.83 Å². The smallest absolute Gasteiger partial charge is 0.159 e. The zero-order chi connectivity index (χ0) is 60.7. The lowest BCUT2D eigenvalue weighted by molar-refractivity contribution is 0.479. The summed E-state index contributed by atoms with van der Waals surface area (Å²) >= 11 is 0. The van der Waals surface area contributed by atoms with Crippen molar-refractivity contribution in [3.63, 3.8) is 0 Å². The van der Waals surface area contributed by atoms with Gasteiger partial charge in [-0.2, -0.15) is 0 Å². The normalized spacial score (nSPS) is 15.4. The molecule has 5 nitrogen and oxygen atoms in total. The predicted molar refractivity (Wildman–Crippen MR) is 378 cm³/mol. The minimum absolute atomic E-state index is 0.0319. The lowest BCUT2D eigenvalue weighted by Crippen LogP contribution is -2.34. The maximum atomic E-state index is 7.23. The number of fused-ring (bicyclic) bond motifs is 22. The van der Waals surface area contributed by atoms with Crippen LogP contribution in [0.1, 0.15) is 93.3 Å². The second kappa shape index (κ2) is 18.8. The average molecular weight is 1160 g/mol. The molecule has 0 fully saturated rings. The first-order valence-electron chi connectivity index (χ1n) is 32.0. The van der Waals surface area contributed by atoms with Crippen LogP contribution in [0.2, 0.25) is 0 Å². The largest absolute Gasteiger partial charge is 0.454 e. The van der Waals surface area contributed by atoms with E-state index in [-0.39, 0.29) is 10.8 Å². The van der Waals surface area contributed by atoms with Crippen LogP contribution < -0.4 is 9.80 Å². The Kier molecular flexibility index (Phi) is 11.0. The molecule has 434 valence electrons. The van der Waals surface area contributed by atoms with Gasteiger partial charge in [-0.15, -0.1) is 0 Å². The molecule has 15 aromatic rings. The number of aryl methyl sites for hydroxylation is 2. The van der Waals surface area contributed by atoms with E-state index in [1.165, 1.54) is 93.9 Å². The Balaban J connectivity index is 1.02. The molecule has 1 spiro atoms. The maximum Gasteiger partial charge on any atom is 0.159 e. The summed E-state index contributed by atoms with van der Waals surface area (Å²) in [5, 5.41) is 11.6. The van der Waals surface area contributed by atoms with Crippen LogP contribution in [0, 0.1) is 19.3 Å². The number of allylic oxidation sites excluding steroid dienone is 4. The van der Waals surface area contributed by atoms with Crippen LogP contribution >= 0.6 is 0 Å². The number of aromatic nitrogens is 1. The highest BCUT2D eigenvalue weighted by atomic mass is 16.3. The Hall–Kier alpha value is -10.4. The van der Waals surface area contributed by atoms with Gasteiger partial charge in [0.05, 0.1) is 44.9 Å². The van der Waals surface area contributed by atoms with Gasteiger partial charge in [-0.05, 0) is 153 Å². The molecule has 5 heteroatoms. The third-order valence-corrected chi connectivity index (χ3v) is 20.5. The molecule has 3 aromatic heterocycles. The molecule has 2 aliphatic carbocycles. The molecule has 12 aromatic carbocycles. The fourth-order valence-corrected chi connectivity index (χ4v) is 16.3. The fraction of sp³-hybridized carbons (Fsp3) is 0.153. The van der Waals surface area contributed by atoms with Gasteiger partial charge in [0.1, 0.15) is 11.2 Å². The van der Waals surface area contributed by atoms with Crippen LogP contribution in [0.15, 0.2) is 257 Å². The molecule has 0 saturated carbocycles. The molecule has 4 heterocycles. The molecule has 3 aliphatic rings. The topological polar surface area (TPSA) is 37.7 Å². The number of benzene rings is 12. The zero-order valence-corrected chi connectivity index (χ0v) is 52.1. The minimum Gasteiger partial charge on any atom is -0.454 e. The van der Waals surface area contributed by atoms with Crippen LogP contribution in [-0.2, 0) is 10.8 Å².